The van der Waals surface area contributed by atoms with Crippen molar-refractivity contribution >= 4 is 126 Å². The summed E-state index contributed by atoms with van der Waals surface area (Å²) in [7, 11) is 28.6. The summed E-state index contributed by atoms with van der Waals surface area (Å²) in [6, 6.07) is 9.93. The van der Waals surface area contributed by atoms with Crippen molar-refractivity contribution in [1.82, 2.24) is 15.1 Å². The zero-order valence-corrected chi connectivity index (χ0v) is 33.0. The number of nitrogens with zero attached hydrogens (tertiary/aromatic N) is 2. The average Bonchev–Trinajstić information content (AvgIpc) is 2.98. The van der Waals surface area contributed by atoms with Gasteiger partial charge in [-0.2, -0.15) is 0 Å². The third-order valence-electron chi connectivity index (χ3n) is 11.8. The van der Waals surface area contributed by atoms with Crippen LogP contribution in [0.1, 0.15) is 39.9 Å². The first-order valence-corrected chi connectivity index (χ1v) is 17.5. The highest BCUT2D eigenvalue weighted by atomic mass is 19.1. The lowest BCUT2D eigenvalue weighted by Gasteiger charge is -2.71. The smallest absolute Gasteiger partial charge is 0.237 e. The van der Waals surface area contributed by atoms with Gasteiger partial charge in [0.15, 0.2) is 7.85 Å². The summed E-state index contributed by atoms with van der Waals surface area (Å²) in [5, 5.41) is 13.4. The second-order valence-electron chi connectivity index (χ2n) is 17.0. The number of hydrogen-bond acceptors (Lipinski definition) is 8. The Kier molecular flexibility index (Phi) is 12.0. The number of carbonyl (C=O) groups is 3. The Morgan fingerprint density at radius 2 is 1.62 bits per heavy atom. The summed E-state index contributed by atoms with van der Waals surface area (Å²) in [5.41, 5.74) is 1.38. The molecule has 252 valence electrons. The maximum absolute atomic E-state index is 16.5. The van der Waals surface area contributed by atoms with Gasteiger partial charge < -0.3 is 30.2 Å². The molecule has 0 saturated carbocycles. The number of rotatable bonds is 13. The molecule has 50 heavy (non-hydrogen) atoms. The molecule has 1 heterocycles. The largest absolute Gasteiger partial charge is 0.400 e. The summed E-state index contributed by atoms with van der Waals surface area (Å²) >= 11 is 0. The molecule has 2 unspecified atom stereocenters. The number of nitrogens with one attached hydrogen (secondary N) is 2. The maximum Gasteiger partial charge on any atom is 0.237 e. The van der Waals surface area contributed by atoms with Gasteiger partial charge >= 0.3 is 0 Å². The van der Waals surface area contributed by atoms with Crippen LogP contribution in [0.5, 0.6) is 0 Å². The highest BCUT2D eigenvalue weighted by Crippen LogP contribution is 2.46. The van der Waals surface area contributed by atoms with E-state index in [-0.39, 0.29) is 12.3 Å². The number of halogens is 1. The zero-order chi connectivity index (χ0) is 38.5. The number of benzene rings is 2. The van der Waals surface area contributed by atoms with E-state index < -0.39 is 49.6 Å². The molecular formula is C27H48B13FN4O5. The Morgan fingerprint density at radius 1 is 1.02 bits per heavy atom. The topological polar surface area (TPSA) is 111 Å². The predicted molar refractivity (Wildman–Crippen MR) is 235 cm³/mol. The molecule has 3 rings (SSSR count). The summed E-state index contributed by atoms with van der Waals surface area (Å²) < 4.78 is 23.0. The Bertz CT molecular complexity index is 1600. The van der Waals surface area contributed by atoms with Gasteiger partial charge in [0.1, 0.15) is 113 Å². The second kappa shape index (κ2) is 14.2. The van der Waals surface area contributed by atoms with E-state index in [1.165, 1.54) is 0 Å². The first kappa shape index (κ1) is 42.1. The van der Waals surface area contributed by atoms with E-state index in [0.29, 0.717) is 34.4 Å². The molecule has 1 aliphatic heterocycles. The maximum atomic E-state index is 16.5. The van der Waals surface area contributed by atoms with Crippen molar-refractivity contribution in [3.8, 4) is 0 Å². The number of carbonyl (C=O) groups excluding carboxylic acids is 3. The Balaban J connectivity index is 2.11. The Morgan fingerprint density at radius 3 is 2.14 bits per heavy atom. The van der Waals surface area contributed by atoms with Crippen LogP contribution in [-0.4, -0.2) is 177 Å². The van der Waals surface area contributed by atoms with Crippen molar-refractivity contribution in [3.63, 3.8) is 0 Å². The normalized spacial score (nSPS) is 21.1. The van der Waals surface area contributed by atoms with Crippen molar-refractivity contribution in [3.05, 3.63) is 64.5 Å². The SMILES string of the molecule is BC(B)(Nc1cccc(C=O)c1C(B)(B)N(C)C(CCC=O)C(=O)NC)c1ccc(C(B)(B)N2C(B)(B)C(B)(B)OC(B)(B)C2(B)O)cc1F. The third-order valence-corrected chi connectivity index (χ3v) is 11.8. The monoisotopic (exact) mass is 670 g/mol. The van der Waals surface area contributed by atoms with E-state index in [2.05, 4.69) is 10.6 Å². The lowest BCUT2D eigenvalue weighted by Crippen LogP contribution is -2.88. The van der Waals surface area contributed by atoms with Crippen LogP contribution in [0, 0.1) is 5.82 Å². The molecule has 0 bridgehead atoms. The molecule has 2 aromatic carbocycles. The number of aldehydes is 2. The third kappa shape index (κ3) is 7.31. The molecule has 0 radical (unpaired) electrons. The van der Waals surface area contributed by atoms with E-state index in [1.54, 1.807) is 46.2 Å². The fourth-order valence-corrected chi connectivity index (χ4v) is 8.04. The average molecular weight is 668 g/mol. The van der Waals surface area contributed by atoms with Crippen molar-refractivity contribution in [2.75, 3.05) is 19.4 Å². The highest BCUT2D eigenvalue weighted by Gasteiger charge is 2.63. The molecule has 23 heteroatoms. The Labute approximate surface area is 309 Å². The fourth-order valence-electron chi connectivity index (χ4n) is 8.04. The van der Waals surface area contributed by atoms with Gasteiger partial charge in [0.05, 0.1) is 11.7 Å². The van der Waals surface area contributed by atoms with Gasteiger partial charge in [0.2, 0.25) is 5.91 Å². The minimum Gasteiger partial charge on any atom is -0.400 e. The van der Waals surface area contributed by atoms with Crippen LogP contribution in [0.15, 0.2) is 36.4 Å². The summed E-state index contributed by atoms with van der Waals surface area (Å²) in [5.74, 6) is -0.657. The molecule has 2 atom stereocenters. The molecule has 0 aliphatic carbocycles. The first-order valence-electron chi connectivity index (χ1n) is 17.5. The van der Waals surface area contributed by atoms with Gasteiger partial charge in [-0.05, 0) is 58.3 Å². The highest BCUT2D eigenvalue weighted by molar-refractivity contribution is 6.56. The minimum atomic E-state index is -1.41. The molecule has 1 amide bonds. The van der Waals surface area contributed by atoms with Crippen LogP contribution in [0.25, 0.3) is 0 Å². The van der Waals surface area contributed by atoms with Crippen LogP contribution in [0.3, 0.4) is 0 Å². The van der Waals surface area contributed by atoms with E-state index in [9.17, 15) is 19.5 Å². The molecule has 2 aromatic rings. The van der Waals surface area contributed by atoms with E-state index in [4.69, 9.17) is 4.74 Å². The summed E-state index contributed by atoms with van der Waals surface area (Å²) in [4.78, 5) is 40.6. The number of morpholine rings is 1. The number of anilines is 1. The lowest BCUT2D eigenvalue weighted by atomic mass is 9.33. The van der Waals surface area contributed by atoms with Crippen LogP contribution in [-0.2, 0) is 30.3 Å². The van der Waals surface area contributed by atoms with Crippen molar-refractivity contribution in [2.24, 2.45) is 0 Å². The Hall–Kier alpha value is -2.34. The van der Waals surface area contributed by atoms with Crippen molar-refractivity contribution in [2.45, 2.75) is 56.7 Å². The molecule has 0 aromatic heterocycles. The standard InChI is InChI=1S/C27H48B13FN4O5/c1-42-20(48)18(7-4-10-46)44(2)23(32,33)19-13(12-47)5-3-6-17(19)43-21(28,29)15-9-8-14(11-16(15)41)22(30,31)45-24(34,35)25(36,37)50-26(38,39)27(45,40)49/h3,5-6,8-12,18,43,49H,4,7,28-40H2,1-2H3,(H,42,48). The molecule has 1 aliphatic rings. The number of aliphatic hydroxyl groups is 1. The van der Waals surface area contributed by atoms with Crippen LogP contribution < -0.4 is 10.6 Å². The van der Waals surface area contributed by atoms with Crippen LogP contribution in [0.4, 0.5) is 10.1 Å². The zero-order valence-electron chi connectivity index (χ0n) is 33.0. The van der Waals surface area contributed by atoms with E-state index in [1.807, 2.05) is 116 Å². The molecule has 0 spiro atoms. The summed E-state index contributed by atoms with van der Waals surface area (Å²) in [6.45, 7) is 0. The van der Waals surface area contributed by atoms with Crippen molar-refractivity contribution in [1.29, 1.82) is 0 Å². The number of hydrogen-bond donors (Lipinski definition) is 3. The van der Waals surface area contributed by atoms with Crippen LogP contribution in [0.2, 0.25) is 0 Å². The summed E-state index contributed by atoms with van der Waals surface area (Å²) in [6.07, 6.45) is 2.08. The van der Waals surface area contributed by atoms with Gasteiger partial charge in [-0.15, -0.1) is 0 Å². The van der Waals surface area contributed by atoms with Crippen LogP contribution >= 0.6 is 0 Å². The van der Waals surface area contributed by atoms with Gasteiger partial charge in [0.25, 0.3) is 0 Å². The molecular weight excluding hydrogens is 620 g/mol. The van der Waals surface area contributed by atoms with E-state index in [0.717, 1.165) is 12.6 Å². The fraction of sp³-hybridized carbons (Fsp3) is 0.444. The quantitative estimate of drug-likeness (QED) is 0.143. The number of likely N-dealkylation sites (N-methyl/N-ethyl adjacent to an activating group) is 2. The van der Waals surface area contributed by atoms with Gasteiger partial charge in [0, 0.05) is 40.9 Å². The van der Waals surface area contributed by atoms with Crippen molar-refractivity contribution < 1.29 is 28.6 Å². The van der Waals surface area contributed by atoms with Gasteiger partial charge in [-0.25, -0.2) is 4.39 Å². The lowest BCUT2D eigenvalue weighted by molar-refractivity contribution is -0.227. The second-order valence-corrected chi connectivity index (χ2v) is 17.0. The number of ether oxygens (including phenoxy) is 1. The van der Waals surface area contributed by atoms with Gasteiger partial charge in [-0.3, -0.25) is 14.5 Å². The van der Waals surface area contributed by atoms with Gasteiger partial charge in [-0.1, -0.05) is 24.3 Å². The first-order chi connectivity index (χ1) is 22.7. The molecule has 9 nitrogen and oxygen atoms in total. The molecule has 1 saturated heterocycles. The van der Waals surface area contributed by atoms with E-state index >= 15 is 4.39 Å². The molecule has 1 fully saturated rings. The predicted octanol–water partition coefficient (Wildman–Crippen LogP) is -11.7. The minimum absolute atomic E-state index is 0.203. The number of amides is 1. The molecule has 3 N–H and O–H groups in total.